The number of carboxylic acid groups (broad SMARTS) is 1. The highest BCUT2D eigenvalue weighted by Gasteiger charge is 2.28. The van der Waals surface area contributed by atoms with Crippen LogP contribution in [-0.4, -0.2) is 37.8 Å². The first-order valence-corrected chi connectivity index (χ1v) is 5.15. The van der Waals surface area contributed by atoms with E-state index in [0.717, 1.165) is 11.0 Å². The Kier molecular flexibility index (Phi) is 5.84. The van der Waals surface area contributed by atoms with Crippen LogP contribution in [0.2, 0.25) is 0 Å². The van der Waals surface area contributed by atoms with Gasteiger partial charge in [0.25, 0.3) is 0 Å². The summed E-state index contributed by atoms with van der Waals surface area (Å²) in [5.74, 6) is -3.01. The molecule has 0 unspecified atom stereocenters. The summed E-state index contributed by atoms with van der Waals surface area (Å²) in [5, 5.41) is 8.78. The molecule has 0 aliphatic rings. The van der Waals surface area contributed by atoms with Gasteiger partial charge in [-0.25, -0.2) is 0 Å². The first-order valence-electron chi connectivity index (χ1n) is 5.15. The van der Waals surface area contributed by atoms with Gasteiger partial charge < -0.3 is 14.4 Å². The summed E-state index contributed by atoms with van der Waals surface area (Å²) in [6.07, 6.45) is -5.19. The van der Waals surface area contributed by atoms with Crippen LogP contribution in [-0.2, 0) is 11.3 Å². The first kappa shape index (κ1) is 16.4. The molecule has 18 heavy (non-hydrogen) atoms. The fourth-order valence-electron chi connectivity index (χ4n) is 1.13. The van der Waals surface area contributed by atoms with Crippen LogP contribution >= 0.6 is 0 Å². The zero-order valence-corrected chi connectivity index (χ0v) is 10.5. The lowest BCUT2D eigenvalue weighted by Gasteiger charge is -2.23. The van der Waals surface area contributed by atoms with Crippen molar-refractivity contribution >= 4 is 5.97 Å². The lowest BCUT2D eigenvalue weighted by atomic mass is 10.2. The number of halogens is 3. The molecular formula is C12H16F3NO2. The largest absolute Gasteiger partial charge is 0.542 e. The Bertz CT molecular complexity index is 369. The van der Waals surface area contributed by atoms with Crippen LogP contribution in [0.5, 0.6) is 0 Å². The van der Waals surface area contributed by atoms with Crippen LogP contribution < -0.4 is 5.11 Å². The van der Waals surface area contributed by atoms with Crippen LogP contribution in [0, 0.1) is 0 Å². The molecule has 0 heterocycles. The molecule has 0 N–H and O–H groups in total. The third-order valence-corrected chi connectivity index (χ3v) is 1.73. The van der Waals surface area contributed by atoms with Gasteiger partial charge >= 0.3 is 6.18 Å². The van der Waals surface area contributed by atoms with Crippen molar-refractivity contribution < 1.29 is 27.6 Å². The summed E-state index contributed by atoms with van der Waals surface area (Å²) in [4.78, 5) is 8.78. The van der Waals surface area contributed by atoms with Crippen LogP contribution in [0.15, 0.2) is 30.3 Å². The van der Waals surface area contributed by atoms with Gasteiger partial charge in [0.2, 0.25) is 0 Å². The molecule has 0 aliphatic carbocycles. The zero-order valence-electron chi connectivity index (χ0n) is 10.5. The van der Waals surface area contributed by atoms with Crippen molar-refractivity contribution in [1.82, 2.24) is 0 Å². The summed E-state index contributed by atoms with van der Waals surface area (Å²) in [6.45, 7) is 1.10. The third-order valence-electron chi connectivity index (χ3n) is 1.73. The maximum Gasteiger partial charge on any atom is 0.430 e. The molecule has 0 bridgehead atoms. The number of carbonyl (C=O) groups excluding carboxylic acids is 1. The van der Waals surface area contributed by atoms with E-state index in [-0.39, 0.29) is 0 Å². The lowest BCUT2D eigenvalue weighted by molar-refractivity contribution is -0.884. The summed E-state index contributed by atoms with van der Waals surface area (Å²) < 4.78 is 32.5. The quantitative estimate of drug-likeness (QED) is 0.752. The van der Waals surface area contributed by atoms with Crippen molar-refractivity contribution in [2.45, 2.75) is 12.7 Å². The molecule has 0 saturated heterocycles. The molecular weight excluding hydrogens is 247 g/mol. The van der Waals surface area contributed by atoms with Gasteiger partial charge in [0.1, 0.15) is 12.5 Å². The summed E-state index contributed by atoms with van der Waals surface area (Å²) in [5.41, 5.74) is 1.40. The van der Waals surface area contributed by atoms with E-state index >= 15 is 0 Å². The van der Waals surface area contributed by atoms with Crippen LogP contribution in [0.1, 0.15) is 5.56 Å². The number of rotatable bonds is 2. The van der Waals surface area contributed by atoms with Crippen molar-refractivity contribution in [3.63, 3.8) is 0 Å². The Morgan fingerprint density at radius 3 is 1.83 bits per heavy atom. The number of hydrogen-bond donors (Lipinski definition) is 0. The number of benzene rings is 1. The summed E-state index contributed by atoms with van der Waals surface area (Å²) >= 11 is 0. The normalized spacial score (nSPS) is 11.4. The number of nitrogens with zero attached hydrogens (tertiary/aromatic N) is 1. The highest BCUT2D eigenvalue weighted by Crippen LogP contribution is 2.11. The topological polar surface area (TPSA) is 40.1 Å². The van der Waals surface area contributed by atoms with Gasteiger partial charge in [-0.1, -0.05) is 30.3 Å². The molecule has 0 radical (unpaired) electrons. The third kappa shape index (κ3) is 8.58. The molecule has 3 nitrogen and oxygen atoms in total. The minimum atomic E-state index is -5.19. The highest BCUT2D eigenvalue weighted by atomic mass is 19.4. The maximum atomic E-state index is 10.5. The molecule has 0 aromatic heterocycles. The van der Waals surface area contributed by atoms with E-state index in [1.54, 1.807) is 0 Å². The second-order valence-electron chi connectivity index (χ2n) is 4.72. The molecule has 0 spiro atoms. The average molecular weight is 263 g/mol. The van der Waals surface area contributed by atoms with Crippen LogP contribution in [0.25, 0.3) is 0 Å². The van der Waals surface area contributed by atoms with Gasteiger partial charge in [-0.3, -0.25) is 0 Å². The molecule has 0 saturated carbocycles. The van der Waals surface area contributed by atoms with E-state index < -0.39 is 12.1 Å². The van der Waals surface area contributed by atoms with E-state index in [2.05, 4.69) is 51.5 Å². The van der Waals surface area contributed by atoms with Crippen molar-refractivity contribution in [1.29, 1.82) is 0 Å². The van der Waals surface area contributed by atoms with Gasteiger partial charge in [-0.15, -0.1) is 0 Å². The molecule has 1 rings (SSSR count). The zero-order chi connectivity index (χ0) is 14.4. The van der Waals surface area contributed by atoms with Crippen molar-refractivity contribution in [2.75, 3.05) is 21.1 Å². The van der Waals surface area contributed by atoms with Crippen LogP contribution in [0.3, 0.4) is 0 Å². The molecule has 0 fully saturated rings. The molecule has 0 amide bonds. The Morgan fingerprint density at radius 1 is 1.17 bits per heavy atom. The monoisotopic (exact) mass is 263 g/mol. The standard InChI is InChI=1S/C10H16N.C2HF3O2/c1-11(2,3)9-10-7-5-4-6-8-10;3-2(4,5)1(6)7/h4-8H,9H2,1-3H3;(H,6,7)/q+1;/p-1. The number of quaternary nitrogens is 1. The number of aliphatic carboxylic acids is 1. The smallest absolute Gasteiger partial charge is 0.430 e. The number of hydrogen-bond acceptors (Lipinski definition) is 2. The Balaban J connectivity index is 0.000000360. The van der Waals surface area contributed by atoms with Gasteiger partial charge in [0, 0.05) is 5.56 Å². The summed E-state index contributed by atoms with van der Waals surface area (Å²) in [6, 6.07) is 10.6. The highest BCUT2D eigenvalue weighted by molar-refractivity contribution is 5.70. The predicted molar refractivity (Wildman–Crippen MR) is 59.2 cm³/mol. The maximum absolute atomic E-state index is 10.5. The average Bonchev–Trinajstić information content (AvgIpc) is 2.15. The van der Waals surface area contributed by atoms with E-state index in [1.807, 2.05) is 0 Å². The predicted octanol–water partition coefficient (Wildman–Crippen LogP) is 1.19. The van der Waals surface area contributed by atoms with Gasteiger partial charge in [0.05, 0.1) is 21.1 Å². The van der Waals surface area contributed by atoms with E-state index in [0.29, 0.717) is 0 Å². The number of alkyl halides is 3. The number of carbonyl (C=O) groups is 1. The molecule has 0 aliphatic heterocycles. The molecule has 0 atom stereocenters. The summed E-state index contributed by atoms with van der Waals surface area (Å²) in [7, 11) is 6.60. The second-order valence-corrected chi connectivity index (χ2v) is 4.72. The van der Waals surface area contributed by atoms with E-state index in [4.69, 9.17) is 9.90 Å². The van der Waals surface area contributed by atoms with Gasteiger partial charge in [-0.05, 0) is 0 Å². The minimum absolute atomic E-state index is 0.990. The fraction of sp³-hybridized carbons (Fsp3) is 0.417. The molecule has 102 valence electrons. The van der Waals surface area contributed by atoms with Gasteiger partial charge in [-0.2, -0.15) is 13.2 Å². The molecule has 6 heteroatoms. The molecule has 1 aromatic carbocycles. The van der Waals surface area contributed by atoms with Crippen molar-refractivity contribution in [2.24, 2.45) is 0 Å². The van der Waals surface area contributed by atoms with E-state index in [1.165, 1.54) is 5.56 Å². The minimum Gasteiger partial charge on any atom is -0.542 e. The second kappa shape index (κ2) is 6.39. The van der Waals surface area contributed by atoms with E-state index in [9.17, 15) is 13.2 Å². The van der Waals surface area contributed by atoms with Crippen molar-refractivity contribution in [3.8, 4) is 0 Å². The SMILES string of the molecule is C[N+](C)(C)Cc1ccccc1.O=C([O-])C(F)(F)F. The Morgan fingerprint density at radius 2 is 1.56 bits per heavy atom. The fourth-order valence-corrected chi connectivity index (χ4v) is 1.13. The van der Waals surface area contributed by atoms with Crippen molar-refractivity contribution in [3.05, 3.63) is 35.9 Å². The number of carboxylic acids is 1. The molecule has 1 aromatic rings. The Hall–Kier alpha value is -1.56. The first-order chi connectivity index (χ1) is 8.02. The lowest BCUT2D eigenvalue weighted by Crippen LogP contribution is -2.37. The van der Waals surface area contributed by atoms with Crippen LogP contribution in [0.4, 0.5) is 13.2 Å². The Labute approximate surface area is 104 Å². The van der Waals surface area contributed by atoms with Gasteiger partial charge in [0.15, 0.2) is 0 Å².